The van der Waals surface area contributed by atoms with Crippen LogP contribution in [0.15, 0.2) is 72.9 Å². The summed E-state index contributed by atoms with van der Waals surface area (Å²) in [7, 11) is 0. The van der Waals surface area contributed by atoms with E-state index in [9.17, 15) is 0 Å². The lowest BCUT2D eigenvalue weighted by molar-refractivity contribution is 0.265. The predicted octanol–water partition coefficient (Wildman–Crippen LogP) is 5.46. The molecule has 1 aliphatic rings. The quantitative estimate of drug-likeness (QED) is 0.510. The predicted molar refractivity (Wildman–Crippen MR) is 118 cm³/mol. The Hall–Kier alpha value is -2.98. The van der Waals surface area contributed by atoms with Crippen LogP contribution in [0.1, 0.15) is 31.7 Å². The standard InChI is InChI=1S/C25H26N4/c26-17-18-6-11-22(12-7-18)29-15-14-24(28-29)21-9-8-20-10-13-23(27-25(20)16-21)19-4-2-1-3-5-19/h1-5,8-10,13-16,18,22H,6-7,11-12,17,26H2. The summed E-state index contributed by atoms with van der Waals surface area (Å²) in [6, 6.07) is 23.6. The molecule has 0 unspecified atom stereocenters. The normalized spacial score (nSPS) is 19.5. The van der Waals surface area contributed by atoms with Crippen molar-refractivity contribution < 1.29 is 0 Å². The van der Waals surface area contributed by atoms with Crippen LogP contribution in [-0.2, 0) is 0 Å². The van der Waals surface area contributed by atoms with E-state index in [0.717, 1.165) is 40.0 Å². The minimum atomic E-state index is 0.495. The van der Waals surface area contributed by atoms with Crippen molar-refractivity contribution in [3.8, 4) is 22.5 Å². The molecule has 0 amide bonds. The fourth-order valence-corrected chi connectivity index (χ4v) is 4.39. The summed E-state index contributed by atoms with van der Waals surface area (Å²) in [6.07, 6.45) is 6.88. The van der Waals surface area contributed by atoms with Gasteiger partial charge in [-0.2, -0.15) is 5.10 Å². The van der Waals surface area contributed by atoms with E-state index in [1.54, 1.807) is 0 Å². The van der Waals surface area contributed by atoms with Crippen LogP contribution in [0.5, 0.6) is 0 Å². The number of hydrogen-bond acceptors (Lipinski definition) is 3. The first-order valence-electron chi connectivity index (χ1n) is 10.5. The van der Waals surface area contributed by atoms with Crippen LogP contribution in [-0.4, -0.2) is 21.3 Å². The highest BCUT2D eigenvalue weighted by Crippen LogP contribution is 2.32. The van der Waals surface area contributed by atoms with Gasteiger partial charge in [-0.3, -0.25) is 4.68 Å². The molecule has 1 saturated carbocycles. The molecule has 1 fully saturated rings. The maximum atomic E-state index is 5.83. The summed E-state index contributed by atoms with van der Waals surface area (Å²) in [6.45, 7) is 0.812. The van der Waals surface area contributed by atoms with Crippen molar-refractivity contribution in [3.05, 3.63) is 72.9 Å². The highest BCUT2D eigenvalue weighted by molar-refractivity contribution is 5.85. The lowest BCUT2D eigenvalue weighted by Gasteiger charge is -2.27. The van der Waals surface area contributed by atoms with E-state index in [-0.39, 0.29) is 0 Å². The van der Waals surface area contributed by atoms with Crippen molar-refractivity contribution >= 4 is 10.9 Å². The Morgan fingerprint density at radius 2 is 1.62 bits per heavy atom. The first-order chi connectivity index (χ1) is 14.3. The zero-order chi connectivity index (χ0) is 19.6. The number of nitrogens with two attached hydrogens (primary N) is 1. The number of fused-ring (bicyclic) bond motifs is 1. The number of nitrogens with zero attached hydrogens (tertiary/aromatic N) is 3. The number of benzene rings is 2. The number of rotatable bonds is 4. The fourth-order valence-electron chi connectivity index (χ4n) is 4.39. The molecule has 4 aromatic rings. The minimum Gasteiger partial charge on any atom is -0.330 e. The first-order valence-corrected chi connectivity index (χ1v) is 10.5. The molecular formula is C25H26N4. The second-order valence-electron chi connectivity index (χ2n) is 8.06. The van der Waals surface area contributed by atoms with Gasteiger partial charge in [0.15, 0.2) is 0 Å². The lowest BCUT2D eigenvalue weighted by atomic mass is 9.86. The fraction of sp³-hybridized carbons (Fsp3) is 0.280. The van der Waals surface area contributed by atoms with Gasteiger partial charge in [-0.25, -0.2) is 4.98 Å². The van der Waals surface area contributed by atoms with Gasteiger partial charge >= 0.3 is 0 Å². The Bertz CT molecular complexity index is 1110. The summed E-state index contributed by atoms with van der Waals surface area (Å²) < 4.78 is 2.15. The van der Waals surface area contributed by atoms with E-state index in [1.165, 1.54) is 25.7 Å². The molecule has 146 valence electrons. The highest BCUT2D eigenvalue weighted by atomic mass is 15.3. The maximum absolute atomic E-state index is 5.83. The van der Waals surface area contributed by atoms with Gasteiger partial charge in [0.1, 0.15) is 0 Å². The smallest absolute Gasteiger partial charge is 0.0924 e. The molecule has 2 aromatic heterocycles. The van der Waals surface area contributed by atoms with Crippen molar-refractivity contribution in [2.75, 3.05) is 6.54 Å². The van der Waals surface area contributed by atoms with E-state index in [4.69, 9.17) is 15.8 Å². The molecule has 0 saturated heterocycles. The van der Waals surface area contributed by atoms with Gasteiger partial charge in [0.2, 0.25) is 0 Å². The molecule has 2 N–H and O–H groups in total. The molecule has 1 aliphatic carbocycles. The van der Waals surface area contributed by atoms with E-state index < -0.39 is 0 Å². The lowest BCUT2D eigenvalue weighted by Crippen LogP contribution is -2.23. The van der Waals surface area contributed by atoms with Gasteiger partial charge in [-0.05, 0) is 56.3 Å². The Morgan fingerprint density at radius 1 is 0.828 bits per heavy atom. The van der Waals surface area contributed by atoms with Gasteiger partial charge in [-0.15, -0.1) is 0 Å². The third-order valence-electron chi connectivity index (χ3n) is 6.19. The molecule has 0 bridgehead atoms. The van der Waals surface area contributed by atoms with Crippen molar-refractivity contribution in [2.24, 2.45) is 11.7 Å². The number of pyridine rings is 1. The maximum Gasteiger partial charge on any atom is 0.0924 e. The van der Waals surface area contributed by atoms with Gasteiger partial charge in [-0.1, -0.05) is 48.5 Å². The summed E-state index contributed by atoms with van der Waals surface area (Å²) in [5.41, 5.74) is 11.1. The molecule has 0 spiro atoms. The molecule has 0 aliphatic heterocycles. The summed E-state index contributed by atoms with van der Waals surface area (Å²) >= 11 is 0. The van der Waals surface area contributed by atoms with Gasteiger partial charge < -0.3 is 5.73 Å². The molecule has 29 heavy (non-hydrogen) atoms. The zero-order valence-electron chi connectivity index (χ0n) is 16.5. The minimum absolute atomic E-state index is 0.495. The van der Waals surface area contributed by atoms with Crippen molar-refractivity contribution in [3.63, 3.8) is 0 Å². The molecule has 2 heterocycles. The summed E-state index contributed by atoms with van der Waals surface area (Å²) in [5.74, 6) is 0.687. The van der Waals surface area contributed by atoms with Crippen LogP contribution in [0.4, 0.5) is 0 Å². The molecule has 4 heteroatoms. The van der Waals surface area contributed by atoms with Crippen LogP contribution in [0.25, 0.3) is 33.4 Å². The van der Waals surface area contributed by atoms with E-state index in [2.05, 4.69) is 59.4 Å². The third-order valence-corrected chi connectivity index (χ3v) is 6.19. The summed E-state index contributed by atoms with van der Waals surface area (Å²) in [4.78, 5) is 4.90. The van der Waals surface area contributed by atoms with E-state index >= 15 is 0 Å². The highest BCUT2D eigenvalue weighted by Gasteiger charge is 2.22. The first kappa shape index (κ1) is 18.1. The van der Waals surface area contributed by atoms with Crippen LogP contribution < -0.4 is 5.73 Å². The van der Waals surface area contributed by atoms with Crippen molar-refractivity contribution in [1.82, 2.24) is 14.8 Å². The van der Waals surface area contributed by atoms with Crippen molar-refractivity contribution in [1.29, 1.82) is 0 Å². The average Bonchev–Trinajstić information content (AvgIpc) is 3.29. The van der Waals surface area contributed by atoms with Crippen LogP contribution in [0.2, 0.25) is 0 Å². The topological polar surface area (TPSA) is 56.7 Å². The molecular weight excluding hydrogens is 356 g/mol. The monoisotopic (exact) mass is 382 g/mol. The van der Waals surface area contributed by atoms with Gasteiger partial charge in [0, 0.05) is 22.7 Å². The Labute approximate surface area is 171 Å². The SMILES string of the molecule is NCC1CCC(n2ccc(-c3ccc4ccc(-c5ccccc5)nc4c3)n2)CC1. The molecule has 0 atom stereocenters. The van der Waals surface area contributed by atoms with Crippen LogP contribution >= 0.6 is 0 Å². The number of hydrogen-bond donors (Lipinski definition) is 1. The largest absolute Gasteiger partial charge is 0.330 e. The second kappa shape index (κ2) is 7.80. The Balaban J connectivity index is 1.42. The van der Waals surface area contributed by atoms with E-state index in [1.807, 2.05) is 18.2 Å². The Kier molecular flexibility index (Phi) is 4.86. The molecule has 2 aromatic carbocycles. The number of aromatic nitrogens is 3. The van der Waals surface area contributed by atoms with Gasteiger partial charge in [0.05, 0.1) is 22.9 Å². The molecule has 0 radical (unpaired) electrons. The zero-order valence-corrected chi connectivity index (χ0v) is 16.5. The third kappa shape index (κ3) is 3.68. The van der Waals surface area contributed by atoms with Crippen molar-refractivity contribution in [2.45, 2.75) is 31.7 Å². The van der Waals surface area contributed by atoms with Gasteiger partial charge in [0.25, 0.3) is 0 Å². The van der Waals surface area contributed by atoms with Crippen LogP contribution in [0, 0.1) is 5.92 Å². The summed E-state index contributed by atoms with van der Waals surface area (Å²) in [5, 5.41) is 6.05. The molecule has 4 nitrogen and oxygen atoms in total. The average molecular weight is 383 g/mol. The second-order valence-corrected chi connectivity index (χ2v) is 8.06. The van der Waals surface area contributed by atoms with E-state index in [0.29, 0.717) is 12.0 Å². The van der Waals surface area contributed by atoms with Crippen LogP contribution in [0.3, 0.4) is 0 Å². The Morgan fingerprint density at radius 3 is 2.41 bits per heavy atom. The molecule has 5 rings (SSSR count).